The van der Waals surface area contributed by atoms with Crippen LogP contribution in [0.5, 0.6) is 5.75 Å². The van der Waals surface area contributed by atoms with Crippen molar-refractivity contribution in [2.24, 2.45) is 5.92 Å². The molecule has 110 valence electrons. The Morgan fingerprint density at radius 3 is 2.90 bits per heavy atom. The number of benzene rings is 1. The number of piperidine rings is 1. The normalized spacial score (nSPS) is 33.2. The van der Waals surface area contributed by atoms with Gasteiger partial charge >= 0.3 is 0 Å². The summed E-state index contributed by atoms with van der Waals surface area (Å²) in [6, 6.07) is 5.70. The number of halogens is 2. The van der Waals surface area contributed by atoms with E-state index in [1.165, 1.54) is 11.1 Å². The first-order valence-electron chi connectivity index (χ1n) is 7.26. The largest absolute Gasteiger partial charge is 0.508 e. The monoisotopic (exact) mass is 281 g/mol. The molecule has 1 aliphatic carbocycles. The van der Waals surface area contributed by atoms with Gasteiger partial charge in [-0.3, -0.25) is 4.90 Å². The third-order valence-electron chi connectivity index (χ3n) is 5.48. The average molecular weight is 281 g/mol. The molecule has 1 heterocycles. The quantitative estimate of drug-likeness (QED) is 0.900. The lowest BCUT2D eigenvalue weighted by atomic mass is 9.59. The Morgan fingerprint density at radius 1 is 1.45 bits per heavy atom. The van der Waals surface area contributed by atoms with Gasteiger partial charge in [0.2, 0.25) is 0 Å². The Labute approximate surface area is 118 Å². The van der Waals surface area contributed by atoms with E-state index in [4.69, 9.17) is 0 Å². The van der Waals surface area contributed by atoms with Gasteiger partial charge in [0.15, 0.2) is 0 Å². The summed E-state index contributed by atoms with van der Waals surface area (Å²) in [7, 11) is 0. The van der Waals surface area contributed by atoms with E-state index >= 15 is 0 Å². The van der Waals surface area contributed by atoms with Gasteiger partial charge in [-0.05, 0) is 54.0 Å². The molecule has 0 saturated carbocycles. The molecule has 2 aliphatic rings. The van der Waals surface area contributed by atoms with Gasteiger partial charge in [0.1, 0.15) is 5.75 Å². The molecule has 2 bridgehead atoms. The summed E-state index contributed by atoms with van der Waals surface area (Å²) in [5, 5.41) is 9.75. The van der Waals surface area contributed by atoms with Crippen molar-refractivity contribution in [1.82, 2.24) is 4.90 Å². The van der Waals surface area contributed by atoms with Crippen molar-refractivity contribution < 1.29 is 13.9 Å². The summed E-state index contributed by atoms with van der Waals surface area (Å²) in [6.45, 7) is 4.96. The average Bonchev–Trinajstić information content (AvgIpc) is 2.38. The van der Waals surface area contributed by atoms with Crippen LogP contribution in [0.4, 0.5) is 8.78 Å². The van der Waals surface area contributed by atoms with E-state index < -0.39 is 6.43 Å². The fourth-order valence-electron chi connectivity index (χ4n) is 4.10. The first kappa shape index (κ1) is 13.8. The molecule has 1 N–H and O–H groups in total. The molecule has 1 aromatic carbocycles. The van der Waals surface area contributed by atoms with Gasteiger partial charge in [0.05, 0.1) is 6.54 Å². The van der Waals surface area contributed by atoms with Crippen molar-refractivity contribution in [2.45, 2.75) is 44.6 Å². The van der Waals surface area contributed by atoms with Crippen LogP contribution in [-0.2, 0) is 11.8 Å². The van der Waals surface area contributed by atoms with Crippen LogP contribution in [0, 0.1) is 5.92 Å². The second-order valence-corrected chi connectivity index (χ2v) is 6.46. The lowest BCUT2D eigenvalue weighted by Gasteiger charge is -2.54. The predicted molar refractivity (Wildman–Crippen MR) is 74.3 cm³/mol. The molecule has 0 aromatic heterocycles. The summed E-state index contributed by atoms with van der Waals surface area (Å²) in [4.78, 5) is 1.95. The maximum absolute atomic E-state index is 12.7. The van der Waals surface area contributed by atoms with E-state index in [9.17, 15) is 13.9 Å². The molecule has 3 atom stereocenters. The van der Waals surface area contributed by atoms with Crippen LogP contribution in [-0.4, -0.2) is 35.6 Å². The van der Waals surface area contributed by atoms with Crippen LogP contribution in [0.2, 0.25) is 0 Å². The van der Waals surface area contributed by atoms with E-state index in [1.54, 1.807) is 6.07 Å². The smallest absolute Gasteiger partial charge is 0.251 e. The van der Waals surface area contributed by atoms with Crippen LogP contribution in [0.25, 0.3) is 0 Å². The Bertz CT molecular complexity index is 519. The molecular formula is C16H21F2NO. The number of aromatic hydroxyl groups is 1. The molecule has 20 heavy (non-hydrogen) atoms. The highest BCUT2D eigenvalue weighted by molar-refractivity contribution is 5.44. The van der Waals surface area contributed by atoms with Gasteiger partial charge in [0.25, 0.3) is 6.43 Å². The zero-order chi connectivity index (χ0) is 14.5. The van der Waals surface area contributed by atoms with E-state index in [0.717, 1.165) is 12.8 Å². The van der Waals surface area contributed by atoms with Crippen LogP contribution < -0.4 is 0 Å². The fourth-order valence-corrected chi connectivity index (χ4v) is 4.10. The Hall–Kier alpha value is -1.16. The number of likely N-dealkylation sites (tertiary alicyclic amines) is 1. The van der Waals surface area contributed by atoms with E-state index in [-0.39, 0.29) is 18.0 Å². The molecule has 1 fully saturated rings. The molecule has 3 rings (SSSR count). The standard InChI is InChI=1S/C16H21F2NO/c1-10-14-7-11-3-4-12(20)8-13(11)16(10,2)5-6-19(14)9-15(17)18/h3-4,8,10,14-15,20H,5-7,9H2,1-2H3/t10-,14?,16-/m0/s1. The van der Waals surface area contributed by atoms with E-state index in [0.29, 0.717) is 18.2 Å². The van der Waals surface area contributed by atoms with E-state index in [1.807, 2.05) is 17.0 Å². The molecule has 0 radical (unpaired) electrons. The Morgan fingerprint density at radius 2 is 2.20 bits per heavy atom. The molecule has 1 saturated heterocycles. The summed E-state index contributed by atoms with van der Waals surface area (Å²) >= 11 is 0. The Balaban J connectivity index is 1.99. The predicted octanol–water partition coefficient (Wildman–Crippen LogP) is 3.18. The Kier molecular flexibility index (Phi) is 3.24. The number of rotatable bonds is 2. The van der Waals surface area contributed by atoms with Gasteiger partial charge in [0, 0.05) is 6.04 Å². The maximum Gasteiger partial charge on any atom is 0.251 e. The number of phenolic OH excluding ortho intramolecular Hbond substituents is 1. The van der Waals surface area contributed by atoms with Crippen LogP contribution in [0.15, 0.2) is 18.2 Å². The number of hydrogen-bond acceptors (Lipinski definition) is 2. The second-order valence-electron chi connectivity index (χ2n) is 6.46. The van der Waals surface area contributed by atoms with Gasteiger partial charge in [-0.2, -0.15) is 0 Å². The number of phenols is 1. The number of alkyl halides is 2. The minimum atomic E-state index is -2.27. The molecule has 1 aliphatic heterocycles. The first-order valence-corrected chi connectivity index (χ1v) is 7.26. The zero-order valence-electron chi connectivity index (χ0n) is 11.9. The van der Waals surface area contributed by atoms with Gasteiger partial charge in [-0.25, -0.2) is 8.78 Å². The second kappa shape index (κ2) is 4.69. The van der Waals surface area contributed by atoms with Gasteiger partial charge in [-0.1, -0.05) is 19.9 Å². The van der Waals surface area contributed by atoms with Crippen molar-refractivity contribution >= 4 is 0 Å². The zero-order valence-corrected chi connectivity index (χ0v) is 11.9. The van der Waals surface area contributed by atoms with Crippen LogP contribution in [0.3, 0.4) is 0 Å². The number of fused-ring (bicyclic) bond motifs is 4. The van der Waals surface area contributed by atoms with Gasteiger partial charge in [-0.15, -0.1) is 0 Å². The molecule has 1 unspecified atom stereocenters. The molecule has 2 nitrogen and oxygen atoms in total. The number of hydrogen-bond donors (Lipinski definition) is 1. The van der Waals surface area contributed by atoms with E-state index in [2.05, 4.69) is 13.8 Å². The van der Waals surface area contributed by atoms with Crippen molar-refractivity contribution in [2.75, 3.05) is 13.1 Å². The molecule has 1 aromatic rings. The maximum atomic E-state index is 12.7. The minimum absolute atomic E-state index is 0.0182. The SMILES string of the molecule is C[C@H]1C2Cc3ccc(O)cc3[C@@]1(C)CCN2CC(F)F. The van der Waals surface area contributed by atoms with Crippen molar-refractivity contribution in [3.63, 3.8) is 0 Å². The molecule has 0 amide bonds. The summed E-state index contributed by atoms with van der Waals surface area (Å²) in [6.07, 6.45) is -0.597. The summed E-state index contributed by atoms with van der Waals surface area (Å²) in [5.41, 5.74) is 2.39. The highest BCUT2D eigenvalue weighted by Crippen LogP contribution is 2.49. The fraction of sp³-hybridized carbons (Fsp3) is 0.625. The molecular weight excluding hydrogens is 260 g/mol. The lowest BCUT2D eigenvalue weighted by molar-refractivity contribution is -0.00824. The van der Waals surface area contributed by atoms with Crippen LogP contribution >= 0.6 is 0 Å². The third-order valence-corrected chi connectivity index (χ3v) is 5.48. The minimum Gasteiger partial charge on any atom is -0.508 e. The topological polar surface area (TPSA) is 23.5 Å². The van der Waals surface area contributed by atoms with Crippen molar-refractivity contribution in [1.29, 1.82) is 0 Å². The van der Waals surface area contributed by atoms with Gasteiger partial charge < -0.3 is 5.11 Å². The molecule has 4 heteroatoms. The summed E-state index contributed by atoms with van der Waals surface area (Å²) < 4.78 is 25.5. The number of nitrogens with zero attached hydrogens (tertiary/aromatic N) is 1. The highest BCUT2D eigenvalue weighted by atomic mass is 19.3. The lowest BCUT2D eigenvalue weighted by Crippen LogP contribution is -2.58. The summed E-state index contributed by atoms with van der Waals surface area (Å²) in [5.74, 6) is 0.620. The molecule has 0 spiro atoms. The first-order chi connectivity index (χ1) is 9.41. The third kappa shape index (κ3) is 2.01. The highest BCUT2D eigenvalue weighted by Gasteiger charge is 2.48. The van der Waals surface area contributed by atoms with Crippen LogP contribution in [0.1, 0.15) is 31.4 Å². The van der Waals surface area contributed by atoms with Crippen molar-refractivity contribution in [3.8, 4) is 5.75 Å². The van der Waals surface area contributed by atoms with Crippen molar-refractivity contribution in [3.05, 3.63) is 29.3 Å².